The van der Waals surface area contributed by atoms with Crippen molar-refractivity contribution >= 4 is 16.5 Å². The smallest absolute Gasteiger partial charge is 0.183 e. The normalized spacial score (nSPS) is 10.4. The van der Waals surface area contributed by atoms with Gasteiger partial charge in [0.2, 0.25) is 0 Å². The van der Waals surface area contributed by atoms with E-state index >= 15 is 0 Å². The highest BCUT2D eigenvalue weighted by atomic mass is 32.1. The molecule has 0 spiro atoms. The van der Waals surface area contributed by atoms with Gasteiger partial charge in [-0.25, -0.2) is 4.98 Å². The van der Waals surface area contributed by atoms with Crippen LogP contribution in [0.3, 0.4) is 0 Å². The largest absolute Gasteiger partial charge is 0.362 e. The molecule has 0 radical (unpaired) electrons. The van der Waals surface area contributed by atoms with Crippen LogP contribution in [-0.4, -0.2) is 21.3 Å². The van der Waals surface area contributed by atoms with Crippen LogP contribution in [0, 0.1) is 0 Å². The first-order valence-corrected chi connectivity index (χ1v) is 5.37. The number of anilines is 1. The van der Waals surface area contributed by atoms with Crippen molar-refractivity contribution in [1.82, 2.24) is 14.8 Å². The van der Waals surface area contributed by atoms with E-state index in [2.05, 4.69) is 22.3 Å². The van der Waals surface area contributed by atoms with Crippen LogP contribution in [0.1, 0.15) is 6.92 Å². The van der Waals surface area contributed by atoms with E-state index in [4.69, 9.17) is 0 Å². The molecular formula is C9H12N4S. The fourth-order valence-corrected chi connectivity index (χ4v) is 2.02. The molecule has 0 saturated carbocycles. The molecule has 14 heavy (non-hydrogen) atoms. The van der Waals surface area contributed by atoms with E-state index in [9.17, 15) is 0 Å². The van der Waals surface area contributed by atoms with Crippen LogP contribution < -0.4 is 5.32 Å². The van der Waals surface area contributed by atoms with E-state index in [1.165, 1.54) is 0 Å². The second-order valence-corrected chi connectivity index (χ2v) is 3.77. The quantitative estimate of drug-likeness (QED) is 0.838. The lowest BCUT2D eigenvalue weighted by Crippen LogP contribution is -1.96. The summed E-state index contributed by atoms with van der Waals surface area (Å²) in [6.07, 6.45) is 1.78. The molecule has 74 valence electrons. The number of nitrogens with zero attached hydrogens (tertiary/aromatic N) is 3. The van der Waals surface area contributed by atoms with Gasteiger partial charge >= 0.3 is 0 Å². The molecule has 0 bridgehead atoms. The Hall–Kier alpha value is -1.36. The molecule has 0 aliphatic heterocycles. The molecule has 2 heterocycles. The monoisotopic (exact) mass is 208 g/mol. The number of aryl methyl sites for hydroxylation is 1. The number of hydrogen-bond donors (Lipinski definition) is 1. The fraction of sp³-hybridized carbons (Fsp3) is 0.333. The van der Waals surface area contributed by atoms with Crippen LogP contribution in [0.4, 0.5) is 5.13 Å². The zero-order valence-electron chi connectivity index (χ0n) is 8.19. The topological polar surface area (TPSA) is 42.7 Å². The highest BCUT2D eigenvalue weighted by molar-refractivity contribution is 7.14. The molecule has 0 unspecified atom stereocenters. The van der Waals surface area contributed by atoms with E-state index in [1.54, 1.807) is 17.5 Å². The molecule has 0 saturated heterocycles. The Morgan fingerprint density at radius 2 is 2.43 bits per heavy atom. The van der Waals surface area contributed by atoms with Crippen molar-refractivity contribution in [3.63, 3.8) is 0 Å². The molecular weight excluding hydrogens is 196 g/mol. The van der Waals surface area contributed by atoms with Crippen molar-refractivity contribution in [1.29, 1.82) is 0 Å². The molecule has 0 atom stereocenters. The number of aromatic nitrogens is 3. The summed E-state index contributed by atoms with van der Waals surface area (Å²) in [5, 5.41) is 10.3. The van der Waals surface area contributed by atoms with Gasteiger partial charge in [0.1, 0.15) is 5.69 Å². The minimum Gasteiger partial charge on any atom is -0.362 e. The van der Waals surface area contributed by atoms with Gasteiger partial charge in [-0.2, -0.15) is 5.10 Å². The maximum atomic E-state index is 4.45. The molecule has 0 aliphatic carbocycles. The van der Waals surface area contributed by atoms with Crippen molar-refractivity contribution in [2.75, 3.05) is 11.9 Å². The summed E-state index contributed by atoms with van der Waals surface area (Å²) < 4.78 is 1.82. The van der Waals surface area contributed by atoms with Gasteiger partial charge in [-0.05, 0) is 13.0 Å². The number of thiazole rings is 1. The Balaban J connectivity index is 2.29. The van der Waals surface area contributed by atoms with E-state index in [0.29, 0.717) is 0 Å². The molecule has 4 nitrogen and oxygen atoms in total. The van der Waals surface area contributed by atoms with Crippen molar-refractivity contribution in [2.45, 2.75) is 6.92 Å². The molecule has 0 aliphatic rings. The lowest BCUT2D eigenvalue weighted by atomic mass is 10.3. The summed E-state index contributed by atoms with van der Waals surface area (Å²) in [5.41, 5.74) is 2.02. The van der Waals surface area contributed by atoms with E-state index < -0.39 is 0 Å². The molecule has 0 aromatic carbocycles. The summed E-state index contributed by atoms with van der Waals surface area (Å²) in [4.78, 5) is 4.45. The van der Waals surface area contributed by atoms with Crippen LogP contribution in [0.15, 0.2) is 17.6 Å². The minimum atomic E-state index is 0.901. The lowest BCUT2D eigenvalue weighted by molar-refractivity contribution is 0.774. The van der Waals surface area contributed by atoms with Crippen molar-refractivity contribution < 1.29 is 0 Å². The Bertz CT molecular complexity index is 418. The average molecular weight is 208 g/mol. The molecule has 0 amide bonds. The zero-order chi connectivity index (χ0) is 9.97. The SMILES string of the molecule is CCNc1nc(-c2ccnn2C)cs1. The van der Waals surface area contributed by atoms with Crippen LogP contribution in [0.25, 0.3) is 11.4 Å². The predicted octanol–water partition coefficient (Wildman–Crippen LogP) is 1.98. The van der Waals surface area contributed by atoms with Gasteiger partial charge in [0.25, 0.3) is 0 Å². The summed E-state index contributed by atoms with van der Waals surface area (Å²) >= 11 is 1.62. The predicted molar refractivity (Wildman–Crippen MR) is 58.5 cm³/mol. The van der Waals surface area contributed by atoms with E-state index in [0.717, 1.165) is 23.1 Å². The average Bonchev–Trinajstić information content (AvgIpc) is 2.74. The van der Waals surface area contributed by atoms with Gasteiger partial charge in [0.15, 0.2) is 5.13 Å². The van der Waals surface area contributed by atoms with Crippen molar-refractivity contribution in [3.8, 4) is 11.4 Å². The maximum Gasteiger partial charge on any atom is 0.183 e. The molecule has 0 fully saturated rings. The van der Waals surface area contributed by atoms with Gasteiger partial charge < -0.3 is 5.32 Å². The highest BCUT2D eigenvalue weighted by Crippen LogP contribution is 2.23. The van der Waals surface area contributed by atoms with Gasteiger partial charge in [-0.15, -0.1) is 11.3 Å². The second-order valence-electron chi connectivity index (χ2n) is 2.91. The number of nitrogens with one attached hydrogen (secondary N) is 1. The third-order valence-electron chi connectivity index (χ3n) is 1.92. The van der Waals surface area contributed by atoms with Gasteiger partial charge in [-0.1, -0.05) is 0 Å². The summed E-state index contributed by atoms with van der Waals surface area (Å²) in [5.74, 6) is 0. The van der Waals surface area contributed by atoms with Crippen molar-refractivity contribution in [3.05, 3.63) is 17.6 Å². The van der Waals surface area contributed by atoms with Crippen LogP contribution >= 0.6 is 11.3 Å². The first kappa shape index (κ1) is 9.21. The Morgan fingerprint density at radius 1 is 1.57 bits per heavy atom. The molecule has 2 rings (SSSR count). The third kappa shape index (κ3) is 1.63. The van der Waals surface area contributed by atoms with Gasteiger partial charge in [0, 0.05) is 25.2 Å². The van der Waals surface area contributed by atoms with Crippen LogP contribution in [0.5, 0.6) is 0 Å². The zero-order valence-corrected chi connectivity index (χ0v) is 9.01. The van der Waals surface area contributed by atoms with Crippen molar-refractivity contribution in [2.24, 2.45) is 7.05 Å². The molecule has 5 heteroatoms. The minimum absolute atomic E-state index is 0.901. The van der Waals surface area contributed by atoms with Gasteiger partial charge in [-0.3, -0.25) is 4.68 Å². The Kier molecular flexibility index (Phi) is 2.49. The van der Waals surface area contributed by atoms with Crippen LogP contribution in [-0.2, 0) is 7.05 Å². The number of rotatable bonds is 3. The second kappa shape index (κ2) is 3.79. The summed E-state index contributed by atoms with van der Waals surface area (Å²) in [7, 11) is 1.92. The maximum absolute atomic E-state index is 4.45. The van der Waals surface area contributed by atoms with E-state index in [-0.39, 0.29) is 0 Å². The lowest BCUT2D eigenvalue weighted by Gasteiger charge is -1.96. The first-order chi connectivity index (χ1) is 6.81. The summed E-state index contributed by atoms with van der Waals surface area (Å²) in [6.45, 7) is 2.96. The first-order valence-electron chi connectivity index (χ1n) is 4.49. The fourth-order valence-electron chi connectivity index (χ4n) is 1.25. The summed E-state index contributed by atoms with van der Waals surface area (Å²) in [6, 6.07) is 1.96. The van der Waals surface area contributed by atoms with Crippen LogP contribution in [0.2, 0.25) is 0 Å². The molecule has 2 aromatic rings. The Morgan fingerprint density at radius 3 is 3.07 bits per heavy atom. The third-order valence-corrected chi connectivity index (χ3v) is 2.72. The van der Waals surface area contributed by atoms with Gasteiger partial charge in [0.05, 0.1) is 5.69 Å². The Labute approximate surface area is 86.6 Å². The number of hydrogen-bond acceptors (Lipinski definition) is 4. The molecule has 2 aromatic heterocycles. The molecule has 1 N–H and O–H groups in total. The standard InChI is InChI=1S/C9H12N4S/c1-3-10-9-12-7(6-14-9)8-4-5-11-13(8)2/h4-6H,3H2,1-2H3,(H,10,12). The highest BCUT2D eigenvalue weighted by Gasteiger charge is 2.06. The van der Waals surface area contributed by atoms with E-state index in [1.807, 2.05) is 23.2 Å².